The lowest BCUT2D eigenvalue weighted by atomic mass is 10.2. The molecule has 7 nitrogen and oxygen atoms in total. The molecule has 3 aromatic heterocycles. The first-order valence-electron chi connectivity index (χ1n) is 7.41. The van der Waals surface area contributed by atoms with Crippen molar-refractivity contribution < 1.29 is 0 Å². The van der Waals surface area contributed by atoms with Crippen LogP contribution in [0.3, 0.4) is 0 Å². The largest absolute Gasteiger partial charge is 0.382 e. The molecule has 0 aliphatic carbocycles. The summed E-state index contributed by atoms with van der Waals surface area (Å²) in [7, 11) is 0. The maximum absolute atomic E-state index is 6.02. The second-order valence-corrected chi connectivity index (χ2v) is 5.55. The Morgan fingerprint density at radius 1 is 1.27 bits per heavy atom. The molecule has 22 heavy (non-hydrogen) atoms. The molecule has 0 radical (unpaired) electrons. The van der Waals surface area contributed by atoms with Gasteiger partial charge in [0.1, 0.15) is 5.52 Å². The molecule has 0 bridgehead atoms. The minimum absolute atomic E-state index is 0.191. The van der Waals surface area contributed by atoms with E-state index in [-0.39, 0.29) is 6.04 Å². The number of H-pyrrole nitrogens is 1. The smallest absolute Gasteiger partial charge is 0.183 e. The van der Waals surface area contributed by atoms with E-state index in [1.165, 1.54) is 5.56 Å². The Labute approximate surface area is 127 Å². The van der Waals surface area contributed by atoms with Gasteiger partial charge in [0.25, 0.3) is 0 Å². The Morgan fingerprint density at radius 3 is 3.00 bits per heavy atom. The minimum atomic E-state index is 0.191. The monoisotopic (exact) mass is 295 g/mol. The number of hydrogen-bond donors (Lipinski definition) is 2. The van der Waals surface area contributed by atoms with Crippen LogP contribution in [-0.2, 0) is 6.54 Å². The Hall–Kier alpha value is -2.54. The first kappa shape index (κ1) is 13.1. The van der Waals surface area contributed by atoms with Crippen LogP contribution in [0.25, 0.3) is 11.2 Å². The van der Waals surface area contributed by atoms with Crippen LogP contribution in [0.1, 0.15) is 30.3 Å². The minimum Gasteiger partial charge on any atom is -0.382 e. The fourth-order valence-electron chi connectivity index (χ4n) is 3.05. The van der Waals surface area contributed by atoms with Gasteiger partial charge in [0.05, 0.1) is 12.4 Å². The van der Waals surface area contributed by atoms with Gasteiger partial charge >= 0.3 is 0 Å². The molecule has 4 heterocycles. The molecule has 4 rings (SSSR count). The highest BCUT2D eigenvalue weighted by molar-refractivity contribution is 5.80. The molecule has 1 fully saturated rings. The summed E-state index contributed by atoms with van der Waals surface area (Å²) >= 11 is 0. The van der Waals surface area contributed by atoms with Gasteiger partial charge in [-0.15, -0.1) is 0 Å². The number of nitrogens with zero attached hydrogens (tertiary/aromatic N) is 5. The van der Waals surface area contributed by atoms with Crippen LogP contribution in [0.5, 0.6) is 0 Å². The van der Waals surface area contributed by atoms with Crippen molar-refractivity contribution in [2.45, 2.75) is 25.4 Å². The molecule has 0 saturated carbocycles. The van der Waals surface area contributed by atoms with Gasteiger partial charge in [-0.05, 0) is 37.1 Å². The van der Waals surface area contributed by atoms with E-state index in [1.54, 1.807) is 6.33 Å². The number of imidazole rings is 1. The van der Waals surface area contributed by atoms with Crippen LogP contribution in [0.2, 0.25) is 0 Å². The van der Waals surface area contributed by atoms with Crippen LogP contribution < -0.4 is 5.73 Å². The topological polar surface area (TPSA) is 96.6 Å². The van der Waals surface area contributed by atoms with Crippen molar-refractivity contribution in [1.82, 2.24) is 29.8 Å². The second-order valence-electron chi connectivity index (χ2n) is 5.55. The number of nitrogens with one attached hydrogen (secondary N) is 1. The number of anilines is 1. The standard InChI is InChI=1S/C15H17N7/c16-13-12-15(19-9-18-12)21-14(20-13)11-2-1-7-22(11)8-10-3-5-17-6-4-10/h3-6,9,11H,1-2,7-8H2,(H3,16,18,19,20,21). The SMILES string of the molecule is Nc1nc(C2CCCN2Cc2ccncc2)nc2nc[nH]c12. The van der Waals surface area contributed by atoms with Gasteiger partial charge in [0.15, 0.2) is 17.3 Å². The highest BCUT2D eigenvalue weighted by Gasteiger charge is 2.29. The Bertz CT molecular complexity index is 783. The number of nitrogen functional groups attached to an aromatic ring is 1. The number of rotatable bonds is 3. The Kier molecular flexibility index (Phi) is 3.19. The van der Waals surface area contributed by atoms with Gasteiger partial charge in [0, 0.05) is 18.9 Å². The van der Waals surface area contributed by atoms with E-state index in [0.29, 0.717) is 17.0 Å². The molecule has 3 aromatic rings. The van der Waals surface area contributed by atoms with E-state index in [1.807, 2.05) is 24.5 Å². The van der Waals surface area contributed by atoms with Crippen molar-refractivity contribution in [3.8, 4) is 0 Å². The first-order valence-corrected chi connectivity index (χ1v) is 7.41. The lowest BCUT2D eigenvalue weighted by Gasteiger charge is -2.23. The summed E-state index contributed by atoms with van der Waals surface area (Å²) in [4.78, 5) is 22.7. The normalized spacial score (nSPS) is 19.0. The third-order valence-corrected chi connectivity index (χ3v) is 4.13. The number of aromatic amines is 1. The van der Waals surface area contributed by atoms with E-state index in [4.69, 9.17) is 5.73 Å². The summed E-state index contributed by atoms with van der Waals surface area (Å²) < 4.78 is 0. The number of aromatic nitrogens is 5. The molecule has 0 spiro atoms. The molecule has 1 saturated heterocycles. The molecular weight excluding hydrogens is 278 g/mol. The van der Waals surface area contributed by atoms with E-state index < -0.39 is 0 Å². The van der Waals surface area contributed by atoms with Gasteiger partial charge < -0.3 is 10.7 Å². The fourth-order valence-corrected chi connectivity index (χ4v) is 3.05. The van der Waals surface area contributed by atoms with Crippen molar-refractivity contribution in [2.75, 3.05) is 12.3 Å². The van der Waals surface area contributed by atoms with Gasteiger partial charge in [-0.2, -0.15) is 0 Å². The summed E-state index contributed by atoms with van der Waals surface area (Å²) in [5.41, 5.74) is 8.61. The average molecular weight is 295 g/mol. The van der Waals surface area contributed by atoms with Crippen molar-refractivity contribution in [2.24, 2.45) is 0 Å². The van der Waals surface area contributed by atoms with Gasteiger partial charge in [-0.25, -0.2) is 15.0 Å². The summed E-state index contributed by atoms with van der Waals surface area (Å²) in [6.07, 6.45) is 7.43. The maximum Gasteiger partial charge on any atom is 0.183 e. The molecule has 1 unspecified atom stereocenters. The quantitative estimate of drug-likeness (QED) is 0.763. The van der Waals surface area contributed by atoms with Crippen molar-refractivity contribution >= 4 is 17.0 Å². The predicted octanol–water partition coefficient (Wildman–Crippen LogP) is 1.67. The molecule has 1 atom stereocenters. The molecule has 112 valence electrons. The zero-order valence-electron chi connectivity index (χ0n) is 12.1. The lowest BCUT2D eigenvalue weighted by Crippen LogP contribution is -2.24. The van der Waals surface area contributed by atoms with Crippen LogP contribution in [0.4, 0.5) is 5.82 Å². The van der Waals surface area contributed by atoms with Crippen molar-refractivity contribution in [1.29, 1.82) is 0 Å². The molecule has 1 aliphatic heterocycles. The van der Waals surface area contributed by atoms with Crippen LogP contribution >= 0.6 is 0 Å². The molecule has 3 N–H and O–H groups in total. The Morgan fingerprint density at radius 2 is 2.14 bits per heavy atom. The third kappa shape index (κ3) is 2.29. The highest BCUT2D eigenvalue weighted by atomic mass is 15.2. The molecular formula is C15H17N7. The van der Waals surface area contributed by atoms with Gasteiger partial charge in [0.2, 0.25) is 0 Å². The maximum atomic E-state index is 6.02. The number of nitrogens with two attached hydrogens (primary N) is 1. The number of fused-ring (bicyclic) bond motifs is 1. The van der Waals surface area contributed by atoms with Gasteiger partial charge in [-0.1, -0.05) is 0 Å². The molecule has 1 aliphatic rings. The van der Waals surface area contributed by atoms with Crippen molar-refractivity contribution in [3.63, 3.8) is 0 Å². The molecule has 7 heteroatoms. The zero-order chi connectivity index (χ0) is 14.9. The fraction of sp³-hybridized carbons (Fsp3) is 0.333. The van der Waals surface area contributed by atoms with E-state index in [0.717, 1.165) is 31.8 Å². The average Bonchev–Trinajstić information content (AvgIpc) is 3.17. The van der Waals surface area contributed by atoms with E-state index >= 15 is 0 Å². The van der Waals surface area contributed by atoms with E-state index in [2.05, 4.69) is 29.8 Å². The van der Waals surface area contributed by atoms with Crippen LogP contribution in [-0.4, -0.2) is 36.4 Å². The molecule has 0 aromatic carbocycles. The molecule has 0 amide bonds. The Balaban J connectivity index is 1.64. The summed E-state index contributed by atoms with van der Waals surface area (Å²) in [6, 6.07) is 4.28. The second kappa shape index (κ2) is 5.34. The van der Waals surface area contributed by atoms with Crippen molar-refractivity contribution in [3.05, 3.63) is 42.2 Å². The summed E-state index contributed by atoms with van der Waals surface area (Å²) in [5.74, 6) is 1.23. The third-order valence-electron chi connectivity index (χ3n) is 4.13. The highest BCUT2D eigenvalue weighted by Crippen LogP contribution is 2.32. The number of likely N-dealkylation sites (tertiary alicyclic amines) is 1. The zero-order valence-corrected chi connectivity index (χ0v) is 12.1. The number of hydrogen-bond acceptors (Lipinski definition) is 6. The first-order chi connectivity index (χ1) is 10.8. The van der Waals surface area contributed by atoms with Crippen LogP contribution in [0.15, 0.2) is 30.9 Å². The van der Waals surface area contributed by atoms with Crippen LogP contribution in [0, 0.1) is 0 Å². The predicted molar refractivity (Wildman–Crippen MR) is 82.7 cm³/mol. The van der Waals surface area contributed by atoms with Gasteiger partial charge in [-0.3, -0.25) is 9.88 Å². The number of pyridine rings is 1. The lowest BCUT2D eigenvalue weighted by molar-refractivity contribution is 0.240. The summed E-state index contributed by atoms with van der Waals surface area (Å²) in [6.45, 7) is 1.91. The summed E-state index contributed by atoms with van der Waals surface area (Å²) in [5, 5.41) is 0. The van der Waals surface area contributed by atoms with E-state index in [9.17, 15) is 0 Å².